The van der Waals surface area contributed by atoms with Gasteiger partial charge in [0.2, 0.25) is 12.7 Å². The molecule has 0 bridgehead atoms. The Kier molecular flexibility index (Phi) is 9.33. The molecule has 2 aliphatic heterocycles. The second-order valence-electron chi connectivity index (χ2n) is 9.87. The molecule has 2 aromatic rings. The molecule has 0 aliphatic carbocycles. The van der Waals surface area contributed by atoms with Crippen LogP contribution in [0.2, 0.25) is 0 Å². The number of aliphatic carboxylic acids is 1. The predicted octanol–water partition coefficient (Wildman–Crippen LogP) is 3.74. The Morgan fingerprint density at radius 1 is 1.08 bits per heavy atom. The molecule has 3 heterocycles. The normalized spacial score (nSPS) is 20.8. The van der Waals surface area contributed by atoms with Gasteiger partial charge in [-0.25, -0.2) is 9.97 Å². The largest absolute Gasteiger partial charge is 0.481 e. The summed E-state index contributed by atoms with van der Waals surface area (Å²) < 4.78 is 11.0. The quantitative estimate of drug-likeness (QED) is 0.435. The maximum Gasteiger partial charge on any atom is 0.308 e. The highest BCUT2D eigenvalue weighted by Gasteiger charge is 2.47. The van der Waals surface area contributed by atoms with E-state index in [1.165, 1.54) is 0 Å². The first kappa shape index (κ1) is 26.9. The van der Waals surface area contributed by atoms with Crippen LogP contribution >= 0.6 is 0 Å². The fraction of sp³-hybridized carbons (Fsp3) is 0.571. The number of benzene rings is 1. The van der Waals surface area contributed by atoms with Crippen LogP contribution in [0.3, 0.4) is 0 Å². The molecule has 1 N–H and O–H groups in total. The third-order valence-corrected chi connectivity index (χ3v) is 7.40. The van der Waals surface area contributed by atoms with E-state index >= 15 is 0 Å². The van der Waals surface area contributed by atoms with E-state index in [4.69, 9.17) is 9.47 Å². The summed E-state index contributed by atoms with van der Waals surface area (Å²) in [5, 5.41) is 10.4. The zero-order valence-electron chi connectivity index (χ0n) is 21.8. The Labute approximate surface area is 218 Å². The van der Waals surface area contributed by atoms with Crippen molar-refractivity contribution in [3.05, 3.63) is 48.0 Å². The summed E-state index contributed by atoms with van der Waals surface area (Å²) in [4.78, 5) is 38.8. The number of ether oxygens (including phenoxy) is 2. The molecule has 3 atom stereocenters. The number of fused-ring (bicyclic) bond motifs is 1. The minimum absolute atomic E-state index is 0.0679. The number of rotatable bonds is 13. The van der Waals surface area contributed by atoms with E-state index in [0.29, 0.717) is 36.7 Å². The third-order valence-electron chi connectivity index (χ3n) is 7.40. The molecule has 0 radical (unpaired) electrons. The second-order valence-corrected chi connectivity index (χ2v) is 9.87. The minimum Gasteiger partial charge on any atom is -0.481 e. The number of carbonyl (C=O) groups is 2. The average Bonchev–Trinajstić information content (AvgIpc) is 3.52. The summed E-state index contributed by atoms with van der Waals surface area (Å²) >= 11 is 0. The average molecular weight is 511 g/mol. The van der Waals surface area contributed by atoms with Crippen LogP contribution in [0.5, 0.6) is 11.5 Å². The standard InChI is InChI=1S/C28H38N4O5/c1-3-5-14-31(15-6-4-2)26(33)18-32-17-21(20-8-10-23-24(16-20)37-19-36-23)27(28(34)35)22(32)9-11-25-29-12-7-13-30-25/h7-8,10,12-13,16,21-22,27H,3-6,9,11,14-15,17-19H2,1-2H3,(H,34,35)/t21-,22+,27-/m1/s1. The third kappa shape index (κ3) is 6.57. The lowest BCUT2D eigenvalue weighted by Crippen LogP contribution is -2.44. The van der Waals surface area contributed by atoms with Gasteiger partial charge in [-0.3, -0.25) is 14.5 Å². The van der Waals surface area contributed by atoms with Crippen LogP contribution in [-0.4, -0.2) is 75.8 Å². The molecule has 2 aliphatic rings. The molecule has 9 nitrogen and oxygen atoms in total. The van der Waals surface area contributed by atoms with Crippen molar-refractivity contribution in [3.8, 4) is 11.5 Å². The summed E-state index contributed by atoms with van der Waals surface area (Å²) in [5.74, 6) is 0.246. The molecule has 200 valence electrons. The number of carboxylic acid groups (broad SMARTS) is 1. The Morgan fingerprint density at radius 3 is 2.46 bits per heavy atom. The summed E-state index contributed by atoms with van der Waals surface area (Å²) in [6, 6.07) is 7.10. The predicted molar refractivity (Wildman–Crippen MR) is 139 cm³/mol. The van der Waals surface area contributed by atoms with Crippen molar-refractivity contribution in [3.63, 3.8) is 0 Å². The molecule has 1 saturated heterocycles. The van der Waals surface area contributed by atoms with E-state index in [-0.39, 0.29) is 31.2 Å². The smallest absolute Gasteiger partial charge is 0.308 e. The number of hydrogen-bond donors (Lipinski definition) is 1. The van der Waals surface area contributed by atoms with Gasteiger partial charge in [0.15, 0.2) is 11.5 Å². The molecule has 1 amide bonds. The number of hydrogen-bond acceptors (Lipinski definition) is 7. The van der Waals surface area contributed by atoms with E-state index in [1.807, 2.05) is 23.1 Å². The Bertz CT molecular complexity index is 1040. The first-order chi connectivity index (χ1) is 18.0. The van der Waals surface area contributed by atoms with Crippen LogP contribution in [-0.2, 0) is 16.0 Å². The van der Waals surface area contributed by atoms with E-state index in [2.05, 4.69) is 28.7 Å². The lowest BCUT2D eigenvalue weighted by atomic mass is 9.83. The maximum absolute atomic E-state index is 13.5. The monoisotopic (exact) mass is 510 g/mol. The number of nitrogens with zero attached hydrogens (tertiary/aromatic N) is 4. The molecule has 0 unspecified atom stereocenters. The summed E-state index contributed by atoms with van der Waals surface area (Å²) in [6.07, 6.45) is 8.45. The SMILES string of the molecule is CCCCN(CCCC)C(=O)CN1C[C@H](c2ccc3c(c2)OCO3)[C@@H](C(=O)O)[C@@H]1CCc1ncccn1. The van der Waals surface area contributed by atoms with Gasteiger partial charge in [0, 0.05) is 50.4 Å². The van der Waals surface area contributed by atoms with Gasteiger partial charge < -0.3 is 19.5 Å². The topological polar surface area (TPSA) is 105 Å². The zero-order valence-corrected chi connectivity index (χ0v) is 21.8. The van der Waals surface area contributed by atoms with Gasteiger partial charge in [-0.2, -0.15) is 0 Å². The molecule has 0 spiro atoms. The number of carboxylic acids is 1. The van der Waals surface area contributed by atoms with Crippen LogP contribution in [0.4, 0.5) is 0 Å². The molecule has 1 aromatic carbocycles. The van der Waals surface area contributed by atoms with Crippen molar-refractivity contribution >= 4 is 11.9 Å². The maximum atomic E-state index is 13.5. The lowest BCUT2D eigenvalue weighted by Gasteiger charge is -2.29. The fourth-order valence-electron chi connectivity index (χ4n) is 5.40. The first-order valence-corrected chi connectivity index (χ1v) is 13.4. The molecular formula is C28H38N4O5. The first-order valence-electron chi connectivity index (χ1n) is 13.4. The van der Waals surface area contributed by atoms with Crippen molar-refractivity contribution < 1.29 is 24.2 Å². The number of carbonyl (C=O) groups excluding carboxylic acids is 1. The molecule has 0 saturated carbocycles. The highest BCUT2D eigenvalue weighted by Crippen LogP contribution is 2.42. The van der Waals surface area contributed by atoms with Crippen molar-refractivity contribution in [1.82, 2.24) is 19.8 Å². The molecule has 9 heteroatoms. The fourth-order valence-corrected chi connectivity index (χ4v) is 5.40. The van der Waals surface area contributed by atoms with Gasteiger partial charge in [-0.1, -0.05) is 32.8 Å². The molecule has 4 rings (SSSR count). The highest BCUT2D eigenvalue weighted by molar-refractivity contribution is 5.79. The Morgan fingerprint density at radius 2 is 1.78 bits per heavy atom. The van der Waals surface area contributed by atoms with Gasteiger partial charge >= 0.3 is 5.97 Å². The van der Waals surface area contributed by atoms with Gasteiger partial charge in [0.05, 0.1) is 12.5 Å². The van der Waals surface area contributed by atoms with Crippen molar-refractivity contribution in [2.45, 2.75) is 64.3 Å². The second kappa shape index (κ2) is 12.9. The van der Waals surface area contributed by atoms with Crippen LogP contribution in [0.1, 0.15) is 63.3 Å². The van der Waals surface area contributed by atoms with Crippen LogP contribution in [0.15, 0.2) is 36.7 Å². The van der Waals surface area contributed by atoms with Crippen LogP contribution in [0, 0.1) is 5.92 Å². The highest BCUT2D eigenvalue weighted by atomic mass is 16.7. The van der Waals surface area contributed by atoms with Gasteiger partial charge in [-0.15, -0.1) is 0 Å². The minimum atomic E-state index is -0.856. The van der Waals surface area contributed by atoms with Gasteiger partial charge in [0.1, 0.15) is 5.82 Å². The molecule has 37 heavy (non-hydrogen) atoms. The summed E-state index contributed by atoms with van der Waals surface area (Å²) in [7, 11) is 0. The Balaban J connectivity index is 1.59. The number of aryl methyl sites for hydroxylation is 1. The number of aromatic nitrogens is 2. The van der Waals surface area contributed by atoms with Crippen LogP contribution < -0.4 is 9.47 Å². The Hall–Kier alpha value is -3.20. The number of unbranched alkanes of at least 4 members (excludes halogenated alkanes) is 2. The van der Waals surface area contributed by atoms with E-state index in [9.17, 15) is 14.7 Å². The summed E-state index contributed by atoms with van der Waals surface area (Å²) in [5.41, 5.74) is 0.890. The van der Waals surface area contributed by atoms with Gasteiger partial charge in [0.25, 0.3) is 0 Å². The van der Waals surface area contributed by atoms with Crippen molar-refractivity contribution in [2.24, 2.45) is 5.92 Å². The molecule has 1 fully saturated rings. The van der Waals surface area contributed by atoms with Crippen molar-refractivity contribution in [1.29, 1.82) is 0 Å². The zero-order chi connectivity index (χ0) is 26.2. The summed E-state index contributed by atoms with van der Waals surface area (Å²) in [6.45, 7) is 6.57. The number of likely N-dealkylation sites (tertiary alicyclic amines) is 1. The van der Waals surface area contributed by atoms with Crippen LogP contribution in [0.25, 0.3) is 0 Å². The van der Waals surface area contributed by atoms with E-state index in [1.54, 1.807) is 18.5 Å². The number of amides is 1. The van der Waals surface area contributed by atoms with Gasteiger partial charge in [-0.05, 0) is 43.0 Å². The lowest BCUT2D eigenvalue weighted by molar-refractivity contribution is -0.143. The van der Waals surface area contributed by atoms with E-state index in [0.717, 1.165) is 44.3 Å². The molecule has 1 aromatic heterocycles. The van der Waals surface area contributed by atoms with E-state index < -0.39 is 11.9 Å². The van der Waals surface area contributed by atoms with Crippen molar-refractivity contribution in [2.75, 3.05) is 33.0 Å². The molecular weight excluding hydrogens is 472 g/mol.